The molecule has 0 saturated heterocycles. The molecule has 1 aromatic heterocycles. The summed E-state index contributed by atoms with van der Waals surface area (Å²) in [7, 11) is 0. The molecule has 0 radical (unpaired) electrons. The predicted molar refractivity (Wildman–Crippen MR) is 82.0 cm³/mol. The number of thiophene rings is 1. The highest BCUT2D eigenvalue weighted by Crippen LogP contribution is 2.26. The molecule has 0 atom stereocenters. The molecule has 1 heterocycles. The van der Waals surface area contributed by atoms with Gasteiger partial charge >= 0.3 is 6.03 Å². The Morgan fingerprint density at radius 2 is 2.11 bits per heavy atom. The molecule has 0 saturated carbocycles. The van der Waals surface area contributed by atoms with Crippen LogP contribution >= 0.6 is 43.2 Å². The zero-order valence-corrected chi connectivity index (χ0v) is 13.2. The Balaban J connectivity index is 1.92. The molecule has 0 bridgehead atoms. The third kappa shape index (κ3) is 3.83. The maximum Gasteiger partial charge on any atom is 0.319 e. The van der Waals surface area contributed by atoms with Crippen molar-refractivity contribution in [3.8, 4) is 0 Å². The Morgan fingerprint density at radius 3 is 2.83 bits per heavy atom. The quantitative estimate of drug-likeness (QED) is 0.791. The fourth-order valence-corrected chi connectivity index (χ4v) is 2.69. The van der Waals surface area contributed by atoms with Crippen LogP contribution in [0.1, 0.15) is 4.88 Å². The molecule has 2 N–H and O–H groups in total. The van der Waals surface area contributed by atoms with Gasteiger partial charge in [0.1, 0.15) is 0 Å². The highest BCUT2D eigenvalue weighted by Gasteiger charge is 2.05. The van der Waals surface area contributed by atoms with Crippen LogP contribution in [0.2, 0.25) is 0 Å². The third-order valence-electron chi connectivity index (χ3n) is 2.18. The first-order valence-electron chi connectivity index (χ1n) is 5.17. The van der Waals surface area contributed by atoms with E-state index in [-0.39, 0.29) is 6.03 Å². The second kappa shape index (κ2) is 6.36. The lowest BCUT2D eigenvalue weighted by Gasteiger charge is -2.08. The largest absolute Gasteiger partial charge is 0.333 e. The van der Waals surface area contributed by atoms with Crippen molar-refractivity contribution >= 4 is 54.9 Å². The normalized spacial score (nSPS) is 10.1. The molecule has 0 aliphatic heterocycles. The molecule has 1 aromatic carbocycles. The summed E-state index contributed by atoms with van der Waals surface area (Å²) in [6.07, 6.45) is 0. The second-order valence-electron chi connectivity index (χ2n) is 3.51. The number of benzene rings is 1. The van der Waals surface area contributed by atoms with Gasteiger partial charge in [0.05, 0.1) is 12.2 Å². The van der Waals surface area contributed by atoms with Crippen LogP contribution in [0.25, 0.3) is 0 Å². The molecule has 0 fully saturated rings. The summed E-state index contributed by atoms with van der Waals surface area (Å²) in [6.45, 7) is 0.537. The van der Waals surface area contributed by atoms with Crippen LogP contribution in [0.3, 0.4) is 0 Å². The van der Waals surface area contributed by atoms with Gasteiger partial charge in [-0.05, 0) is 45.6 Å². The van der Waals surface area contributed by atoms with Crippen LogP contribution in [0.4, 0.5) is 10.5 Å². The number of urea groups is 1. The van der Waals surface area contributed by atoms with Crippen molar-refractivity contribution in [3.05, 3.63) is 49.5 Å². The van der Waals surface area contributed by atoms with Crippen molar-refractivity contribution in [2.24, 2.45) is 0 Å². The van der Waals surface area contributed by atoms with E-state index >= 15 is 0 Å². The van der Waals surface area contributed by atoms with E-state index in [0.29, 0.717) is 6.54 Å². The van der Waals surface area contributed by atoms with Gasteiger partial charge in [-0.25, -0.2) is 4.79 Å². The Morgan fingerprint density at radius 1 is 1.28 bits per heavy atom. The number of halogens is 2. The SMILES string of the molecule is O=C(NCc1cccs1)Nc1cc(Br)ccc1Br. The molecule has 0 aliphatic rings. The number of nitrogens with one attached hydrogen (secondary N) is 2. The van der Waals surface area contributed by atoms with E-state index in [0.717, 1.165) is 19.5 Å². The number of carbonyl (C=O) groups is 1. The van der Waals surface area contributed by atoms with Gasteiger partial charge in [0, 0.05) is 13.8 Å². The number of anilines is 1. The van der Waals surface area contributed by atoms with E-state index in [1.165, 1.54) is 0 Å². The van der Waals surface area contributed by atoms with E-state index in [4.69, 9.17) is 0 Å². The van der Waals surface area contributed by atoms with E-state index in [9.17, 15) is 4.79 Å². The molecule has 3 nitrogen and oxygen atoms in total. The summed E-state index contributed by atoms with van der Waals surface area (Å²) in [5, 5.41) is 7.58. The Labute approximate surface area is 126 Å². The van der Waals surface area contributed by atoms with Gasteiger partial charge in [0.25, 0.3) is 0 Å². The smallest absolute Gasteiger partial charge is 0.319 e. The van der Waals surface area contributed by atoms with Crippen LogP contribution in [0.15, 0.2) is 44.7 Å². The van der Waals surface area contributed by atoms with Gasteiger partial charge < -0.3 is 10.6 Å². The third-order valence-corrected chi connectivity index (χ3v) is 4.24. The molecule has 2 amide bonds. The van der Waals surface area contributed by atoms with Gasteiger partial charge in [0.2, 0.25) is 0 Å². The van der Waals surface area contributed by atoms with Crippen LogP contribution < -0.4 is 10.6 Å². The van der Waals surface area contributed by atoms with Crippen molar-refractivity contribution < 1.29 is 4.79 Å². The van der Waals surface area contributed by atoms with Crippen molar-refractivity contribution in [1.29, 1.82) is 0 Å². The van der Waals surface area contributed by atoms with E-state index in [1.807, 2.05) is 35.7 Å². The molecule has 0 spiro atoms. The van der Waals surface area contributed by atoms with Crippen molar-refractivity contribution in [1.82, 2.24) is 5.32 Å². The molecule has 2 aromatic rings. The molecule has 6 heteroatoms. The first kappa shape index (κ1) is 13.6. The summed E-state index contributed by atoms with van der Waals surface area (Å²) in [4.78, 5) is 12.8. The van der Waals surface area contributed by atoms with Crippen molar-refractivity contribution in [3.63, 3.8) is 0 Å². The average molecular weight is 390 g/mol. The Hall–Kier alpha value is -0.850. The summed E-state index contributed by atoms with van der Waals surface area (Å²) in [5.41, 5.74) is 0.730. The van der Waals surface area contributed by atoms with Crippen LogP contribution in [0.5, 0.6) is 0 Å². The number of hydrogen-bond acceptors (Lipinski definition) is 2. The number of carbonyl (C=O) groups excluding carboxylic acids is 1. The zero-order valence-electron chi connectivity index (χ0n) is 9.24. The summed E-state index contributed by atoms with van der Waals surface area (Å²) in [6, 6.07) is 9.35. The van der Waals surface area contributed by atoms with Crippen LogP contribution in [-0.4, -0.2) is 6.03 Å². The Bertz CT molecular complexity index is 543. The highest BCUT2D eigenvalue weighted by atomic mass is 79.9. The van der Waals surface area contributed by atoms with Gasteiger partial charge in [-0.1, -0.05) is 22.0 Å². The average Bonchev–Trinajstić information content (AvgIpc) is 2.84. The number of rotatable bonds is 3. The van der Waals surface area contributed by atoms with E-state index in [2.05, 4.69) is 42.5 Å². The van der Waals surface area contributed by atoms with Gasteiger partial charge in [-0.2, -0.15) is 0 Å². The van der Waals surface area contributed by atoms with Crippen LogP contribution in [0, 0.1) is 0 Å². The second-order valence-corrected chi connectivity index (χ2v) is 6.31. The van der Waals surface area contributed by atoms with Crippen LogP contribution in [-0.2, 0) is 6.54 Å². The summed E-state index contributed by atoms with van der Waals surface area (Å²) in [5.74, 6) is 0. The first-order chi connectivity index (χ1) is 8.65. The monoisotopic (exact) mass is 388 g/mol. The molecule has 0 unspecified atom stereocenters. The lowest BCUT2D eigenvalue weighted by atomic mass is 10.3. The lowest BCUT2D eigenvalue weighted by Crippen LogP contribution is -2.27. The van der Waals surface area contributed by atoms with Crippen molar-refractivity contribution in [2.45, 2.75) is 6.54 Å². The molecule has 2 rings (SSSR count). The lowest BCUT2D eigenvalue weighted by molar-refractivity contribution is 0.252. The standard InChI is InChI=1S/C12H10Br2N2OS/c13-8-3-4-10(14)11(6-8)16-12(17)15-7-9-2-1-5-18-9/h1-6H,7H2,(H2,15,16,17). The highest BCUT2D eigenvalue weighted by molar-refractivity contribution is 9.11. The molecule has 18 heavy (non-hydrogen) atoms. The van der Waals surface area contributed by atoms with Crippen molar-refractivity contribution in [2.75, 3.05) is 5.32 Å². The minimum atomic E-state index is -0.220. The molecular weight excluding hydrogens is 380 g/mol. The van der Waals surface area contributed by atoms with E-state index < -0.39 is 0 Å². The fourth-order valence-electron chi connectivity index (χ4n) is 1.34. The van der Waals surface area contributed by atoms with Gasteiger partial charge in [-0.15, -0.1) is 11.3 Å². The van der Waals surface area contributed by atoms with Gasteiger partial charge in [-0.3, -0.25) is 0 Å². The number of amides is 2. The summed E-state index contributed by atoms with van der Waals surface area (Å²) < 4.78 is 1.76. The summed E-state index contributed by atoms with van der Waals surface area (Å²) >= 11 is 8.37. The molecule has 94 valence electrons. The number of hydrogen-bond donors (Lipinski definition) is 2. The minimum Gasteiger partial charge on any atom is -0.333 e. The Kier molecular flexibility index (Phi) is 4.79. The maximum atomic E-state index is 11.7. The fraction of sp³-hybridized carbons (Fsp3) is 0.0833. The zero-order chi connectivity index (χ0) is 13.0. The first-order valence-corrected chi connectivity index (χ1v) is 7.64. The minimum absolute atomic E-state index is 0.220. The maximum absolute atomic E-state index is 11.7. The predicted octanol–water partition coefficient (Wildman–Crippen LogP) is 4.59. The topological polar surface area (TPSA) is 41.1 Å². The molecular formula is C12H10Br2N2OS. The van der Waals surface area contributed by atoms with E-state index in [1.54, 1.807) is 11.3 Å². The molecule has 0 aliphatic carbocycles. The van der Waals surface area contributed by atoms with Gasteiger partial charge in [0.15, 0.2) is 0 Å².